The van der Waals surface area contributed by atoms with Crippen LogP contribution in [0.3, 0.4) is 0 Å². The molecule has 0 bridgehead atoms. The molecule has 0 spiro atoms. The van der Waals surface area contributed by atoms with Gasteiger partial charge in [0.1, 0.15) is 11.3 Å². The lowest BCUT2D eigenvalue weighted by molar-refractivity contribution is 0.522. The van der Waals surface area contributed by atoms with Crippen molar-refractivity contribution in [3.8, 4) is 0 Å². The summed E-state index contributed by atoms with van der Waals surface area (Å²) in [5.41, 5.74) is 7.78. The Morgan fingerprint density at radius 3 is 2.87 bits per heavy atom. The zero-order chi connectivity index (χ0) is 11.0. The second-order valence-electron chi connectivity index (χ2n) is 3.97. The number of furan rings is 1. The Hall–Kier alpha value is -0.990. The lowest BCUT2D eigenvalue weighted by Gasteiger charge is -2.01. The molecule has 2 nitrogen and oxygen atoms in total. The third kappa shape index (κ3) is 2.01. The summed E-state index contributed by atoms with van der Waals surface area (Å²) in [5, 5.41) is 1.82. The summed E-state index contributed by atoms with van der Waals surface area (Å²) < 4.78 is 5.73. The lowest BCUT2D eigenvalue weighted by Crippen LogP contribution is -2.17. The molecule has 1 atom stereocenters. The van der Waals surface area contributed by atoms with E-state index >= 15 is 0 Å². The molecule has 1 aromatic carbocycles. The van der Waals surface area contributed by atoms with E-state index in [4.69, 9.17) is 21.8 Å². The Bertz CT molecular complexity index is 488. The minimum Gasteiger partial charge on any atom is -0.461 e. The Kier molecular flexibility index (Phi) is 2.72. The molecule has 0 aliphatic carbocycles. The number of hydrogen-bond acceptors (Lipinski definition) is 2. The van der Waals surface area contributed by atoms with Crippen LogP contribution in [0.25, 0.3) is 11.0 Å². The predicted molar refractivity (Wildman–Crippen MR) is 63.3 cm³/mol. The van der Waals surface area contributed by atoms with Gasteiger partial charge in [-0.1, -0.05) is 11.6 Å². The molecule has 0 radical (unpaired) electrons. The monoisotopic (exact) mass is 223 g/mol. The van der Waals surface area contributed by atoms with Crippen LogP contribution in [0.4, 0.5) is 0 Å². The van der Waals surface area contributed by atoms with Gasteiger partial charge in [0, 0.05) is 22.9 Å². The van der Waals surface area contributed by atoms with Gasteiger partial charge < -0.3 is 10.2 Å². The largest absolute Gasteiger partial charge is 0.461 e. The number of nitrogens with two attached hydrogens (primary N) is 1. The molecule has 0 aliphatic heterocycles. The van der Waals surface area contributed by atoms with Crippen LogP contribution in [0, 0.1) is 6.92 Å². The van der Waals surface area contributed by atoms with Crippen molar-refractivity contribution >= 4 is 22.6 Å². The van der Waals surface area contributed by atoms with Crippen LogP contribution in [0.5, 0.6) is 0 Å². The molecule has 1 heterocycles. The number of aryl methyl sites for hydroxylation is 1. The fraction of sp³-hybridized carbons (Fsp3) is 0.333. The fourth-order valence-electron chi connectivity index (χ4n) is 1.73. The first-order valence-electron chi connectivity index (χ1n) is 5.01. The third-order valence-electron chi connectivity index (χ3n) is 2.50. The maximum absolute atomic E-state index is 5.94. The van der Waals surface area contributed by atoms with Crippen LogP contribution in [0.15, 0.2) is 22.6 Å². The van der Waals surface area contributed by atoms with Gasteiger partial charge in [-0.25, -0.2) is 0 Å². The Morgan fingerprint density at radius 2 is 2.20 bits per heavy atom. The van der Waals surface area contributed by atoms with E-state index in [0.717, 1.165) is 33.7 Å². The molecule has 1 aromatic heterocycles. The molecule has 2 rings (SSSR count). The summed E-state index contributed by atoms with van der Waals surface area (Å²) in [5.74, 6) is 0.960. The van der Waals surface area contributed by atoms with Crippen LogP contribution >= 0.6 is 11.6 Å². The maximum Gasteiger partial charge on any atom is 0.134 e. The summed E-state index contributed by atoms with van der Waals surface area (Å²) >= 11 is 5.94. The number of benzene rings is 1. The quantitative estimate of drug-likeness (QED) is 0.849. The minimum absolute atomic E-state index is 0.111. The van der Waals surface area contributed by atoms with E-state index < -0.39 is 0 Å². The van der Waals surface area contributed by atoms with E-state index in [0.29, 0.717) is 0 Å². The summed E-state index contributed by atoms with van der Waals surface area (Å²) in [6.45, 7) is 4.01. The first-order chi connectivity index (χ1) is 7.08. The van der Waals surface area contributed by atoms with Crippen LogP contribution < -0.4 is 5.73 Å². The molecule has 0 amide bonds. The molecule has 3 heteroatoms. The number of fused-ring (bicyclic) bond motifs is 1. The second kappa shape index (κ2) is 3.87. The molecular weight excluding hydrogens is 210 g/mol. The van der Waals surface area contributed by atoms with Gasteiger partial charge in [0.2, 0.25) is 0 Å². The minimum atomic E-state index is 0.111. The highest BCUT2D eigenvalue weighted by Gasteiger charge is 2.11. The van der Waals surface area contributed by atoms with E-state index in [1.165, 1.54) is 0 Å². The van der Waals surface area contributed by atoms with Crippen molar-refractivity contribution in [3.05, 3.63) is 34.5 Å². The van der Waals surface area contributed by atoms with Crippen molar-refractivity contribution in [2.45, 2.75) is 26.3 Å². The van der Waals surface area contributed by atoms with Gasteiger partial charge in [-0.3, -0.25) is 0 Å². The van der Waals surface area contributed by atoms with Crippen LogP contribution in [-0.4, -0.2) is 6.04 Å². The van der Waals surface area contributed by atoms with Gasteiger partial charge in [0.25, 0.3) is 0 Å². The standard InChI is InChI=1S/C12H14ClNO/c1-7(14)5-12-8(2)10-6-9(13)3-4-11(10)15-12/h3-4,6-7H,5,14H2,1-2H3. The van der Waals surface area contributed by atoms with Gasteiger partial charge in [-0.2, -0.15) is 0 Å². The number of rotatable bonds is 2. The Morgan fingerprint density at radius 1 is 1.47 bits per heavy atom. The molecular formula is C12H14ClNO. The smallest absolute Gasteiger partial charge is 0.134 e. The first-order valence-corrected chi connectivity index (χ1v) is 5.39. The van der Waals surface area contributed by atoms with E-state index in [1.807, 2.05) is 32.0 Å². The first kappa shape index (κ1) is 10.5. The molecule has 2 N–H and O–H groups in total. The van der Waals surface area contributed by atoms with Crippen molar-refractivity contribution in [1.82, 2.24) is 0 Å². The number of hydrogen-bond donors (Lipinski definition) is 1. The lowest BCUT2D eigenvalue weighted by atomic mass is 10.1. The van der Waals surface area contributed by atoms with Gasteiger partial charge >= 0.3 is 0 Å². The van der Waals surface area contributed by atoms with Crippen molar-refractivity contribution in [2.24, 2.45) is 5.73 Å². The molecule has 0 saturated carbocycles. The molecule has 0 fully saturated rings. The van der Waals surface area contributed by atoms with Gasteiger partial charge in [0.15, 0.2) is 0 Å². The molecule has 0 aliphatic rings. The average Bonchev–Trinajstić information content (AvgIpc) is 2.44. The summed E-state index contributed by atoms with van der Waals surface area (Å²) in [7, 11) is 0. The van der Waals surface area contributed by atoms with Crippen LogP contribution in [-0.2, 0) is 6.42 Å². The SMILES string of the molecule is Cc1c(CC(C)N)oc2ccc(Cl)cc12. The normalized spacial score (nSPS) is 13.3. The van der Waals surface area contributed by atoms with Gasteiger partial charge in [0.05, 0.1) is 0 Å². The van der Waals surface area contributed by atoms with Crippen molar-refractivity contribution in [1.29, 1.82) is 0 Å². The molecule has 15 heavy (non-hydrogen) atoms. The predicted octanol–water partition coefficient (Wildman–Crippen LogP) is 3.28. The van der Waals surface area contributed by atoms with E-state index in [9.17, 15) is 0 Å². The molecule has 1 unspecified atom stereocenters. The van der Waals surface area contributed by atoms with E-state index in [1.54, 1.807) is 0 Å². The van der Waals surface area contributed by atoms with E-state index in [2.05, 4.69) is 0 Å². The zero-order valence-corrected chi connectivity index (χ0v) is 9.64. The van der Waals surface area contributed by atoms with Crippen molar-refractivity contribution < 1.29 is 4.42 Å². The second-order valence-corrected chi connectivity index (χ2v) is 4.41. The molecule has 0 saturated heterocycles. The zero-order valence-electron chi connectivity index (χ0n) is 8.88. The third-order valence-corrected chi connectivity index (χ3v) is 2.74. The van der Waals surface area contributed by atoms with Gasteiger partial charge in [-0.05, 0) is 37.6 Å². The summed E-state index contributed by atoms with van der Waals surface area (Å²) in [6, 6.07) is 5.78. The highest BCUT2D eigenvalue weighted by molar-refractivity contribution is 6.31. The average molecular weight is 224 g/mol. The van der Waals surface area contributed by atoms with Crippen LogP contribution in [0.1, 0.15) is 18.2 Å². The maximum atomic E-state index is 5.94. The van der Waals surface area contributed by atoms with Crippen molar-refractivity contribution in [3.63, 3.8) is 0 Å². The molecule has 80 valence electrons. The van der Waals surface area contributed by atoms with E-state index in [-0.39, 0.29) is 6.04 Å². The van der Waals surface area contributed by atoms with Crippen LogP contribution in [0.2, 0.25) is 5.02 Å². The highest BCUT2D eigenvalue weighted by Crippen LogP contribution is 2.28. The Balaban J connectivity index is 2.54. The van der Waals surface area contributed by atoms with Crippen molar-refractivity contribution in [2.75, 3.05) is 0 Å². The number of halogens is 1. The molecule has 2 aromatic rings. The summed E-state index contributed by atoms with van der Waals surface area (Å²) in [6.07, 6.45) is 0.762. The highest BCUT2D eigenvalue weighted by atomic mass is 35.5. The topological polar surface area (TPSA) is 39.2 Å². The summed E-state index contributed by atoms with van der Waals surface area (Å²) in [4.78, 5) is 0. The fourth-order valence-corrected chi connectivity index (χ4v) is 1.90. The van der Waals surface area contributed by atoms with Gasteiger partial charge in [-0.15, -0.1) is 0 Å². The Labute approximate surface area is 94.0 Å².